The predicted molar refractivity (Wildman–Crippen MR) is 85.9 cm³/mol. The molecule has 110 valence electrons. The van der Waals surface area contributed by atoms with Crippen LogP contribution in [0.2, 0.25) is 0 Å². The van der Waals surface area contributed by atoms with Gasteiger partial charge in [0.25, 0.3) is 0 Å². The molecule has 0 spiro atoms. The van der Waals surface area contributed by atoms with Gasteiger partial charge >= 0.3 is 0 Å². The average Bonchev–Trinajstić information content (AvgIpc) is 2.53. The topological polar surface area (TPSA) is 29.5 Å². The number of methoxy groups -OCH3 is 1. The lowest BCUT2D eigenvalue weighted by Gasteiger charge is -2.17. The molecule has 2 rings (SSSR count). The Balaban J connectivity index is 1.93. The minimum atomic E-state index is 0.112. The van der Waals surface area contributed by atoms with E-state index in [1.54, 1.807) is 19.1 Å². The second-order valence-corrected chi connectivity index (χ2v) is 5.14. The molecule has 3 heteroatoms. The number of carbonyl (C=O) groups excluding carboxylic acids is 1. The van der Waals surface area contributed by atoms with Crippen molar-refractivity contribution in [2.75, 3.05) is 19.1 Å². The standard InChI is InChI=1S/C18H21NO2/c1-14-4-6-15(7-5-14)8-13-18(20)19(2)16-9-11-17(21-3)12-10-16/h4-7,9-12H,8,13H2,1-3H3. The van der Waals surface area contributed by atoms with Crippen LogP contribution in [-0.4, -0.2) is 20.1 Å². The lowest BCUT2D eigenvalue weighted by Crippen LogP contribution is -2.26. The number of nitrogens with zero attached hydrogens (tertiary/aromatic N) is 1. The Labute approximate surface area is 126 Å². The van der Waals surface area contributed by atoms with Gasteiger partial charge in [-0.15, -0.1) is 0 Å². The van der Waals surface area contributed by atoms with Gasteiger partial charge in [-0.25, -0.2) is 0 Å². The number of hydrogen-bond donors (Lipinski definition) is 0. The number of anilines is 1. The zero-order valence-electron chi connectivity index (χ0n) is 12.8. The third-order valence-electron chi connectivity index (χ3n) is 3.58. The zero-order chi connectivity index (χ0) is 15.2. The summed E-state index contributed by atoms with van der Waals surface area (Å²) in [5.74, 6) is 0.903. The van der Waals surface area contributed by atoms with Gasteiger partial charge in [-0.2, -0.15) is 0 Å². The molecule has 0 saturated heterocycles. The van der Waals surface area contributed by atoms with Crippen molar-refractivity contribution in [3.8, 4) is 5.75 Å². The minimum absolute atomic E-state index is 0.112. The largest absolute Gasteiger partial charge is 0.497 e. The van der Waals surface area contributed by atoms with Crippen LogP contribution in [0.1, 0.15) is 17.5 Å². The van der Waals surface area contributed by atoms with E-state index in [0.29, 0.717) is 6.42 Å². The third kappa shape index (κ3) is 4.09. The average molecular weight is 283 g/mol. The number of benzene rings is 2. The zero-order valence-corrected chi connectivity index (χ0v) is 12.8. The fourth-order valence-corrected chi connectivity index (χ4v) is 2.12. The fourth-order valence-electron chi connectivity index (χ4n) is 2.12. The van der Waals surface area contributed by atoms with Gasteiger partial charge in [0.15, 0.2) is 0 Å². The van der Waals surface area contributed by atoms with Crippen molar-refractivity contribution in [3.63, 3.8) is 0 Å². The molecule has 0 heterocycles. The molecule has 21 heavy (non-hydrogen) atoms. The van der Waals surface area contributed by atoms with E-state index in [0.717, 1.165) is 17.9 Å². The highest BCUT2D eigenvalue weighted by atomic mass is 16.5. The first kappa shape index (κ1) is 15.1. The maximum Gasteiger partial charge on any atom is 0.227 e. The molecular weight excluding hydrogens is 262 g/mol. The normalized spacial score (nSPS) is 10.2. The molecule has 0 unspecified atom stereocenters. The Morgan fingerprint density at radius 2 is 1.67 bits per heavy atom. The van der Waals surface area contributed by atoms with E-state index in [-0.39, 0.29) is 5.91 Å². The second kappa shape index (κ2) is 6.93. The molecule has 1 amide bonds. The third-order valence-corrected chi connectivity index (χ3v) is 3.58. The quantitative estimate of drug-likeness (QED) is 0.839. The molecule has 2 aromatic carbocycles. The van der Waals surface area contributed by atoms with Crippen LogP contribution in [0.5, 0.6) is 5.75 Å². The van der Waals surface area contributed by atoms with Gasteiger partial charge < -0.3 is 9.64 Å². The summed E-state index contributed by atoms with van der Waals surface area (Å²) in [7, 11) is 3.44. The molecule has 2 aromatic rings. The van der Waals surface area contributed by atoms with Gasteiger partial charge in [-0.05, 0) is 43.2 Å². The molecular formula is C18H21NO2. The Kier molecular flexibility index (Phi) is 4.99. The maximum absolute atomic E-state index is 12.2. The van der Waals surface area contributed by atoms with Crippen molar-refractivity contribution in [1.82, 2.24) is 0 Å². The SMILES string of the molecule is COc1ccc(N(C)C(=O)CCc2ccc(C)cc2)cc1. The lowest BCUT2D eigenvalue weighted by molar-refractivity contribution is -0.118. The molecule has 0 saturated carbocycles. The van der Waals surface area contributed by atoms with E-state index in [4.69, 9.17) is 4.74 Å². The number of amides is 1. The van der Waals surface area contributed by atoms with Crippen LogP contribution < -0.4 is 9.64 Å². The highest BCUT2D eigenvalue weighted by Crippen LogP contribution is 2.19. The van der Waals surface area contributed by atoms with E-state index in [9.17, 15) is 4.79 Å². The summed E-state index contributed by atoms with van der Waals surface area (Å²) >= 11 is 0. The van der Waals surface area contributed by atoms with Gasteiger partial charge in [0.05, 0.1) is 7.11 Å². The lowest BCUT2D eigenvalue weighted by atomic mass is 10.1. The van der Waals surface area contributed by atoms with Crippen LogP contribution in [0.4, 0.5) is 5.69 Å². The van der Waals surface area contributed by atoms with Crippen molar-refractivity contribution in [1.29, 1.82) is 0 Å². The first-order valence-corrected chi connectivity index (χ1v) is 7.06. The molecule has 0 atom stereocenters. The van der Waals surface area contributed by atoms with Gasteiger partial charge in [0.1, 0.15) is 5.75 Å². The molecule has 0 aromatic heterocycles. The number of rotatable bonds is 5. The highest BCUT2D eigenvalue weighted by Gasteiger charge is 2.11. The van der Waals surface area contributed by atoms with E-state index in [2.05, 4.69) is 31.2 Å². The van der Waals surface area contributed by atoms with Crippen LogP contribution in [0, 0.1) is 6.92 Å². The number of hydrogen-bond acceptors (Lipinski definition) is 2. The van der Waals surface area contributed by atoms with Crippen LogP contribution in [0.3, 0.4) is 0 Å². The summed E-state index contributed by atoms with van der Waals surface area (Å²) in [6, 6.07) is 15.8. The summed E-state index contributed by atoms with van der Waals surface area (Å²) in [6.07, 6.45) is 1.27. The minimum Gasteiger partial charge on any atom is -0.497 e. The van der Waals surface area contributed by atoms with Crippen molar-refractivity contribution in [2.24, 2.45) is 0 Å². The summed E-state index contributed by atoms with van der Waals surface area (Å²) in [4.78, 5) is 13.9. The monoisotopic (exact) mass is 283 g/mol. The van der Waals surface area contributed by atoms with Crippen LogP contribution >= 0.6 is 0 Å². The molecule has 3 nitrogen and oxygen atoms in total. The van der Waals surface area contributed by atoms with Crippen molar-refractivity contribution in [3.05, 3.63) is 59.7 Å². The van der Waals surface area contributed by atoms with Gasteiger partial charge in [0, 0.05) is 19.2 Å². The highest BCUT2D eigenvalue weighted by molar-refractivity contribution is 5.92. The van der Waals surface area contributed by atoms with Gasteiger partial charge in [0.2, 0.25) is 5.91 Å². The molecule has 0 aliphatic heterocycles. The van der Waals surface area contributed by atoms with Crippen LogP contribution in [0.15, 0.2) is 48.5 Å². The molecule has 0 radical (unpaired) electrons. The molecule has 0 bridgehead atoms. The fraction of sp³-hybridized carbons (Fsp3) is 0.278. The summed E-state index contributed by atoms with van der Waals surface area (Å²) < 4.78 is 5.12. The smallest absolute Gasteiger partial charge is 0.227 e. The number of aryl methyl sites for hydroxylation is 2. The Bertz CT molecular complexity index is 588. The Morgan fingerprint density at radius 3 is 2.24 bits per heavy atom. The Morgan fingerprint density at radius 1 is 1.05 bits per heavy atom. The summed E-state index contributed by atoms with van der Waals surface area (Å²) in [5.41, 5.74) is 3.31. The maximum atomic E-state index is 12.2. The van der Waals surface area contributed by atoms with Gasteiger partial charge in [-0.3, -0.25) is 4.79 Å². The second-order valence-electron chi connectivity index (χ2n) is 5.14. The summed E-state index contributed by atoms with van der Waals surface area (Å²) in [6.45, 7) is 2.06. The molecule has 0 fully saturated rings. The Hall–Kier alpha value is -2.29. The predicted octanol–water partition coefficient (Wildman–Crippen LogP) is 3.60. The first-order chi connectivity index (χ1) is 10.1. The van der Waals surface area contributed by atoms with Crippen molar-refractivity contribution < 1.29 is 9.53 Å². The van der Waals surface area contributed by atoms with E-state index >= 15 is 0 Å². The summed E-state index contributed by atoms with van der Waals surface area (Å²) in [5, 5.41) is 0. The van der Waals surface area contributed by atoms with E-state index < -0.39 is 0 Å². The van der Waals surface area contributed by atoms with E-state index in [1.165, 1.54) is 11.1 Å². The molecule has 0 N–H and O–H groups in total. The van der Waals surface area contributed by atoms with E-state index in [1.807, 2.05) is 24.3 Å². The van der Waals surface area contributed by atoms with Crippen molar-refractivity contribution in [2.45, 2.75) is 19.8 Å². The molecule has 0 aliphatic carbocycles. The van der Waals surface area contributed by atoms with Crippen LogP contribution in [-0.2, 0) is 11.2 Å². The first-order valence-electron chi connectivity index (χ1n) is 7.06. The molecule has 0 aliphatic rings. The number of carbonyl (C=O) groups is 1. The van der Waals surface area contributed by atoms with Gasteiger partial charge in [-0.1, -0.05) is 29.8 Å². The van der Waals surface area contributed by atoms with Crippen molar-refractivity contribution >= 4 is 11.6 Å². The van der Waals surface area contributed by atoms with Crippen LogP contribution in [0.25, 0.3) is 0 Å². The number of ether oxygens (including phenoxy) is 1.